The van der Waals surface area contributed by atoms with Crippen molar-refractivity contribution in [2.75, 3.05) is 6.61 Å². The lowest BCUT2D eigenvalue weighted by Gasteiger charge is -2.03. The summed E-state index contributed by atoms with van der Waals surface area (Å²) in [4.78, 5) is 11.9. The zero-order valence-electron chi connectivity index (χ0n) is 9.27. The Hall–Kier alpha value is -1.74. The van der Waals surface area contributed by atoms with Crippen LogP contribution in [0.25, 0.3) is 0 Å². The number of ether oxygens (including phenoxy) is 1. The third kappa shape index (κ3) is 2.68. The molecular formula is C13H11ClO3. The number of hydrogen-bond donors (Lipinski definition) is 0. The van der Waals surface area contributed by atoms with Gasteiger partial charge in [-0.25, -0.2) is 0 Å². The molecule has 0 aliphatic heterocycles. The van der Waals surface area contributed by atoms with Crippen molar-refractivity contribution in [3.05, 3.63) is 52.9 Å². The molecule has 1 heterocycles. The van der Waals surface area contributed by atoms with Gasteiger partial charge in [0.15, 0.2) is 11.0 Å². The highest BCUT2D eigenvalue weighted by Gasteiger charge is 2.13. The Morgan fingerprint density at radius 3 is 2.47 bits per heavy atom. The summed E-state index contributed by atoms with van der Waals surface area (Å²) in [5.74, 6) is 0.778. The molecule has 0 aliphatic rings. The first kappa shape index (κ1) is 11.7. The molecular weight excluding hydrogens is 240 g/mol. The van der Waals surface area contributed by atoms with E-state index in [0.29, 0.717) is 12.2 Å². The van der Waals surface area contributed by atoms with Gasteiger partial charge in [0.2, 0.25) is 5.78 Å². The van der Waals surface area contributed by atoms with Crippen molar-refractivity contribution in [3.63, 3.8) is 0 Å². The van der Waals surface area contributed by atoms with E-state index in [1.54, 1.807) is 36.4 Å². The minimum Gasteiger partial charge on any atom is -0.494 e. The number of carbonyl (C=O) groups excluding carboxylic acids is 1. The lowest BCUT2D eigenvalue weighted by molar-refractivity contribution is 0.101. The first-order chi connectivity index (χ1) is 8.20. The number of ketones is 1. The summed E-state index contributed by atoms with van der Waals surface area (Å²) >= 11 is 5.62. The fraction of sp³-hybridized carbons (Fsp3) is 0.154. The van der Waals surface area contributed by atoms with E-state index in [1.807, 2.05) is 6.92 Å². The molecule has 2 rings (SSSR count). The zero-order valence-corrected chi connectivity index (χ0v) is 10.0. The number of furan rings is 1. The monoisotopic (exact) mass is 250 g/mol. The molecule has 0 unspecified atom stereocenters. The second-order valence-electron chi connectivity index (χ2n) is 3.39. The summed E-state index contributed by atoms with van der Waals surface area (Å²) in [6, 6.07) is 10.0. The van der Waals surface area contributed by atoms with Crippen LogP contribution in [0, 0.1) is 0 Å². The Morgan fingerprint density at radius 2 is 1.94 bits per heavy atom. The van der Waals surface area contributed by atoms with Crippen molar-refractivity contribution in [1.29, 1.82) is 0 Å². The van der Waals surface area contributed by atoms with E-state index in [4.69, 9.17) is 20.8 Å². The highest BCUT2D eigenvalue weighted by atomic mass is 35.5. The number of hydrogen-bond acceptors (Lipinski definition) is 3. The van der Waals surface area contributed by atoms with Gasteiger partial charge in [-0.15, -0.1) is 0 Å². The molecule has 17 heavy (non-hydrogen) atoms. The highest BCUT2D eigenvalue weighted by molar-refractivity contribution is 6.29. The number of carbonyl (C=O) groups is 1. The minimum absolute atomic E-state index is 0.194. The van der Waals surface area contributed by atoms with Gasteiger partial charge in [-0.1, -0.05) is 0 Å². The smallest absolute Gasteiger partial charge is 0.228 e. The number of rotatable bonds is 4. The average molecular weight is 251 g/mol. The van der Waals surface area contributed by atoms with Crippen LogP contribution in [0.15, 0.2) is 40.8 Å². The Balaban J connectivity index is 2.20. The van der Waals surface area contributed by atoms with Crippen molar-refractivity contribution in [2.45, 2.75) is 6.92 Å². The van der Waals surface area contributed by atoms with Gasteiger partial charge < -0.3 is 9.15 Å². The fourth-order valence-corrected chi connectivity index (χ4v) is 1.59. The van der Waals surface area contributed by atoms with E-state index in [2.05, 4.69) is 0 Å². The molecule has 0 atom stereocenters. The van der Waals surface area contributed by atoms with Crippen molar-refractivity contribution in [3.8, 4) is 5.75 Å². The van der Waals surface area contributed by atoms with E-state index in [9.17, 15) is 4.79 Å². The van der Waals surface area contributed by atoms with Gasteiger partial charge in [-0.2, -0.15) is 0 Å². The Labute approximate surface area is 104 Å². The topological polar surface area (TPSA) is 39.4 Å². The largest absolute Gasteiger partial charge is 0.494 e. The third-order valence-electron chi connectivity index (χ3n) is 2.22. The van der Waals surface area contributed by atoms with Crippen molar-refractivity contribution in [2.24, 2.45) is 0 Å². The molecule has 1 aromatic carbocycles. The molecule has 0 spiro atoms. The van der Waals surface area contributed by atoms with Crippen molar-refractivity contribution in [1.82, 2.24) is 0 Å². The SMILES string of the molecule is CCOc1ccc(C(=O)c2ccc(Cl)o2)cc1. The molecule has 4 heteroatoms. The summed E-state index contributed by atoms with van der Waals surface area (Å²) in [5.41, 5.74) is 0.541. The number of halogens is 1. The molecule has 1 aromatic heterocycles. The standard InChI is InChI=1S/C13H11ClO3/c1-2-16-10-5-3-9(4-6-10)13(15)11-7-8-12(14)17-11/h3-8H,2H2,1H3. The summed E-state index contributed by atoms with van der Waals surface area (Å²) in [6.45, 7) is 2.50. The Morgan fingerprint density at radius 1 is 1.24 bits per heavy atom. The molecule has 0 amide bonds. The summed E-state index contributed by atoms with van der Waals surface area (Å²) in [7, 11) is 0. The maximum absolute atomic E-state index is 11.9. The van der Waals surface area contributed by atoms with Gasteiger partial charge in [0, 0.05) is 5.56 Å². The Kier molecular flexibility index (Phi) is 3.49. The Bertz CT molecular complexity index is 514. The van der Waals surface area contributed by atoms with Gasteiger partial charge in [-0.05, 0) is 54.9 Å². The van der Waals surface area contributed by atoms with E-state index in [0.717, 1.165) is 5.75 Å². The van der Waals surface area contributed by atoms with Gasteiger partial charge in [0.05, 0.1) is 6.61 Å². The predicted molar refractivity (Wildman–Crippen MR) is 64.8 cm³/mol. The maximum atomic E-state index is 11.9. The van der Waals surface area contributed by atoms with Crippen molar-refractivity contribution >= 4 is 17.4 Å². The first-order valence-electron chi connectivity index (χ1n) is 5.23. The second kappa shape index (κ2) is 5.06. The van der Waals surface area contributed by atoms with Crippen molar-refractivity contribution < 1.29 is 13.9 Å². The maximum Gasteiger partial charge on any atom is 0.228 e. The van der Waals surface area contributed by atoms with Crippen LogP contribution in [0.2, 0.25) is 5.22 Å². The van der Waals surface area contributed by atoms with Crippen LogP contribution in [0.3, 0.4) is 0 Å². The third-order valence-corrected chi connectivity index (χ3v) is 2.43. The van der Waals surface area contributed by atoms with E-state index in [-0.39, 0.29) is 16.8 Å². The van der Waals surface area contributed by atoms with Crippen LogP contribution >= 0.6 is 11.6 Å². The molecule has 0 aliphatic carbocycles. The molecule has 0 fully saturated rings. The lowest BCUT2D eigenvalue weighted by atomic mass is 10.1. The van der Waals surface area contributed by atoms with E-state index in [1.165, 1.54) is 0 Å². The van der Waals surface area contributed by atoms with Gasteiger partial charge in [0.1, 0.15) is 5.75 Å². The molecule has 0 N–H and O–H groups in total. The molecule has 0 saturated carbocycles. The normalized spacial score (nSPS) is 10.2. The van der Waals surface area contributed by atoms with Crippen LogP contribution in [0.1, 0.15) is 23.0 Å². The summed E-state index contributed by atoms with van der Waals surface area (Å²) < 4.78 is 10.4. The van der Waals surface area contributed by atoms with Crippen LogP contribution in [0.5, 0.6) is 5.75 Å². The average Bonchev–Trinajstić information content (AvgIpc) is 2.76. The number of benzene rings is 1. The predicted octanol–water partition coefficient (Wildman–Crippen LogP) is 3.56. The van der Waals surface area contributed by atoms with Gasteiger partial charge in [-0.3, -0.25) is 4.79 Å². The molecule has 2 aromatic rings. The van der Waals surface area contributed by atoms with Crippen LogP contribution in [0.4, 0.5) is 0 Å². The zero-order chi connectivity index (χ0) is 12.3. The lowest BCUT2D eigenvalue weighted by Crippen LogP contribution is -1.99. The highest BCUT2D eigenvalue weighted by Crippen LogP contribution is 2.19. The molecule has 0 bridgehead atoms. The summed E-state index contributed by atoms with van der Waals surface area (Å²) in [6.07, 6.45) is 0. The van der Waals surface area contributed by atoms with Crippen LogP contribution in [-0.4, -0.2) is 12.4 Å². The van der Waals surface area contributed by atoms with E-state index < -0.39 is 0 Å². The van der Waals surface area contributed by atoms with Crippen LogP contribution < -0.4 is 4.74 Å². The fourth-order valence-electron chi connectivity index (χ4n) is 1.45. The first-order valence-corrected chi connectivity index (χ1v) is 5.61. The van der Waals surface area contributed by atoms with Gasteiger partial charge in [0.25, 0.3) is 0 Å². The molecule has 0 saturated heterocycles. The van der Waals surface area contributed by atoms with E-state index >= 15 is 0 Å². The van der Waals surface area contributed by atoms with Gasteiger partial charge >= 0.3 is 0 Å². The summed E-state index contributed by atoms with van der Waals surface area (Å²) in [5, 5.41) is 0.208. The second-order valence-corrected chi connectivity index (χ2v) is 3.76. The molecule has 0 radical (unpaired) electrons. The quantitative estimate of drug-likeness (QED) is 0.779. The molecule has 3 nitrogen and oxygen atoms in total. The molecule has 88 valence electrons. The van der Waals surface area contributed by atoms with Crippen LogP contribution in [-0.2, 0) is 0 Å². The minimum atomic E-state index is -0.194.